The van der Waals surface area contributed by atoms with E-state index in [2.05, 4.69) is 0 Å². The zero-order valence-corrected chi connectivity index (χ0v) is 8.43. The maximum absolute atomic E-state index is 11.4. The van der Waals surface area contributed by atoms with Crippen molar-refractivity contribution in [2.75, 3.05) is 0 Å². The number of allylic oxidation sites excluding steroid dienone is 2. The number of carbonyl (C=O) groups is 1. The van der Waals surface area contributed by atoms with E-state index in [4.69, 9.17) is 11.6 Å². The van der Waals surface area contributed by atoms with Crippen LogP contribution in [0.1, 0.15) is 22.8 Å². The van der Waals surface area contributed by atoms with Gasteiger partial charge < -0.3 is 0 Å². The number of hydrogen-bond donors (Lipinski definition) is 0. The first-order valence-corrected chi connectivity index (χ1v) is 4.46. The molecule has 1 aromatic carbocycles. The van der Waals surface area contributed by atoms with Gasteiger partial charge in [-0.2, -0.15) is 0 Å². The Morgan fingerprint density at radius 2 is 2.15 bits per heavy atom. The highest BCUT2D eigenvalue weighted by atomic mass is 35.5. The van der Waals surface area contributed by atoms with Crippen molar-refractivity contribution in [3.63, 3.8) is 0 Å². The fourth-order valence-corrected chi connectivity index (χ4v) is 1.16. The third-order valence-corrected chi connectivity index (χ3v) is 2.18. The molecule has 0 aliphatic carbocycles. The number of carbonyl (C=O) groups excluding carboxylic acids is 1. The number of halogens is 1. The van der Waals surface area contributed by atoms with E-state index < -0.39 is 0 Å². The summed E-state index contributed by atoms with van der Waals surface area (Å²) in [6.07, 6.45) is 3.27. The van der Waals surface area contributed by atoms with E-state index in [1.807, 2.05) is 13.8 Å². The van der Waals surface area contributed by atoms with E-state index in [1.165, 1.54) is 0 Å². The van der Waals surface area contributed by atoms with Gasteiger partial charge in [0.25, 0.3) is 0 Å². The minimum Gasteiger partial charge on any atom is -0.289 e. The second kappa shape index (κ2) is 4.24. The Kier molecular flexibility index (Phi) is 3.26. The van der Waals surface area contributed by atoms with Crippen LogP contribution < -0.4 is 0 Å². The van der Waals surface area contributed by atoms with Gasteiger partial charge in [0, 0.05) is 10.6 Å². The van der Waals surface area contributed by atoms with E-state index in [9.17, 15) is 4.79 Å². The summed E-state index contributed by atoms with van der Waals surface area (Å²) in [5.41, 5.74) is 1.61. The van der Waals surface area contributed by atoms with Gasteiger partial charge in [0.2, 0.25) is 0 Å². The molecule has 0 aromatic heterocycles. The number of benzene rings is 1. The monoisotopic (exact) mass is 194 g/mol. The van der Waals surface area contributed by atoms with E-state index in [1.54, 1.807) is 30.4 Å². The van der Waals surface area contributed by atoms with Crippen LogP contribution in [-0.2, 0) is 0 Å². The molecular weight excluding hydrogens is 184 g/mol. The molecule has 0 bridgehead atoms. The molecular formula is C11H11ClO. The lowest BCUT2D eigenvalue weighted by Crippen LogP contribution is -1.94. The molecule has 0 saturated heterocycles. The summed E-state index contributed by atoms with van der Waals surface area (Å²) in [6, 6.07) is 5.27. The molecule has 0 amide bonds. The van der Waals surface area contributed by atoms with Crippen molar-refractivity contribution < 1.29 is 4.79 Å². The molecule has 0 heterocycles. The minimum atomic E-state index is 0.0160. The summed E-state index contributed by atoms with van der Waals surface area (Å²) >= 11 is 5.83. The highest BCUT2D eigenvalue weighted by Gasteiger charge is 2.02. The van der Waals surface area contributed by atoms with Crippen LogP contribution in [0.25, 0.3) is 0 Å². The van der Waals surface area contributed by atoms with Crippen molar-refractivity contribution in [1.29, 1.82) is 0 Å². The van der Waals surface area contributed by atoms with E-state index >= 15 is 0 Å². The highest BCUT2D eigenvalue weighted by Crippen LogP contribution is 2.16. The maximum Gasteiger partial charge on any atom is 0.185 e. The molecule has 1 nitrogen and oxygen atoms in total. The van der Waals surface area contributed by atoms with Crippen LogP contribution >= 0.6 is 11.6 Å². The van der Waals surface area contributed by atoms with Gasteiger partial charge in [0.05, 0.1) is 0 Å². The molecule has 68 valence electrons. The molecule has 0 saturated carbocycles. The number of aryl methyl sites for hydroxylation is 1. The van der Waals surface area contributed by atoms with Crippen LogP contribution in [-0.4, -0.2) is 5.78 Å². The fraction of sp³-hybridized carbons (Fsp3) is 0.182. The third kappa shape index (κ3) is 2.43. The fourth-order valence-electron chi connectivity index (χ4n) is 1.05. The normalized spacial score (nSPS) is 10.7. The Balaban J connectivity index is 3.04. The Morgan fingerprint density at radius 1 is 1.46 bits per heavy atom. The lowest BCUT2D eigenvalue weighted by Gasteiger charge is -1.99. The molecule has 0 aliphatic heterocycles. The van der Waals surface area contributed by atoms with Gasteiger partial charge in [0.1, 0.15) is 0 Å². The van der Waals surface area contributed by atoms with Crippen LogP contribution in [0.3, 0.4) is 0 Å². The standard InChI is InChI=1S/C11H11ClO/c1-3-4-11(13)9-5-6-10(12)8(2)7-9/h3-7H,1-2H3/b4-3+. The SMILES string of the molecule is C/C=C/C(=O)c1ccc(Cl)c(C)c1. The molecule has 0 aliphatic rings. The van der Waals surface area contributed by atoms with Gasteiger partial charge in [-0.3, -0.25) is 4.79 Å². The van der Waals surface area contributed by atoms with Gasteiger partial charge in [-0.1, -0.05) is 17.7 Å². The average Bonchev–Trinajstić information content (AvgIpc) is 2.10. The molecule has 1 rings (SSSR count). The largest absolute Gasteiger partial charge is 0.289 e. The summed E-state index contributed by atoms with van der Waals surface area (Å²) in [7, 11) is 0. The van der Waals surface area contributed by atoms with Crippen molar-refractivity contribution in [1.82, 2.24) is 0 Å². The van der Waals surface area contributed by atoms with Gasteiger partial charge >= 0.3 is 0 Å². The molecule has 0 atom stereocenters. The number of rotatable bonds is 2. The van der Waals surface area contributed by atoms with Crippen molar-refractivity contribution >= 4 is 17.4 Å². The molecule has 0 spiro atoms. The van der Waals surface area contributed by atoms with Crippen molar-refractivity contribution in [3.8, 4) is 0 Å². The molecule has 0 unspecified atom stereocenters. The Bertz CT molecular complexity index is 353. The summed E-state index contributed by atoms with van der Waals surface area (Å²) < 4.78 is 0. The van der Waals surface area contributed by atoms with Gasteiger partial charge in [-0.05, 0) is 43.7 Å². The highest BCUT2D eigenvalue weighted by molar-refractivity contribution is 6.31. The van der Waals surface area contributed by atoms with Crippen molar-refractivity contribution in [3.05, 3.63) is 46.5 Å². The van der Waals surface area contributed by atoms with E-state index in [0.29, 0.717) is 10.6 Å². The summed E-state index contributed by atoms with van der Waals surface area (Å²) in [6.45, 7) is 3.70. The predicted octanol–water partition coefficient (Wildman–Crippen LogP) is 3.41. The molecule has 2 heteroatoms. The molecule has 0 fully saturated rings. The quantitative estimate of drug-likeness (QED) is 0.521. The van der Waals surface area contributed by atoms with E-state index in [0.717, 1.165) is 5.56 Å². The van der Waals surface area contributed by atoms with Crippen molar-refractivity contribution in [2.24, 2.45) is 0 Å². The lowest BCUT2D eigenvalue weighted by molar-refractivity contribution is 0.104. The molecule has 1 aromatic rings. The van der Waals surface area contributed by atoms with Crippen molar-refractivity contribution in [2.45, 2.75) is 13.8 Å². The van der Waals surface area contributed by atoms with Crippen LogP contribution in [0.2, 0.25) is 5.02 Å². The van der Waals surface area contributed by atoms with Crippen LogP contribution in [0.5, 0.6) is 0 Å². The predicted molar refractivity (Wildman–Crippen MR) is 55.3 cm³/mol. The van der Waals surface area contributed by atoms with Crippen LogP contribution in [0.4, 0.5) is 0 Å². The van der Waals surface area contributed by atoms with Gasteiger partial charge in [-0.15, -0.1) is 0 Å². The zero-order valence-electron chi connectivity index (χ0n) is 7.67. The topological polar surface area (TPSA) is 17.1 Å². The second-order valence-electron chi connectivity index (χ2n) is 2.83. The van der Waals surface area contributed by atoms with Crippen LogP contribution in [0.15, 0.2) is 30.4 Å². The summed E-state index contributed by atoms with van der Waals surface area (Å²) in [4.78, 5) is 11.4. The number of hydrogen-bond acceptors (Lipinski definition) is 1. The van der Waals surface area contributed by atoms with Gasteiger partial charge in [0.15, 0.2) is 5.78 Å². The van der Waals surface area contributed by atoms with Gasteiger partial charge in [-0.25, -0.2) is 0 Å². The Morgan fingerprint density at radius 3 is 2.69 bits per heavy atom. The Hall–Kier alpha value is -1.08. The molecule has 0 radical (unpaired) electrons. The van der Waals surface area contributed by atoms with Crippen LogP contribution in [0, 0.1) is 6.92 Å². The zero-order chi connectivity index (χ0) is 9.84. The second-order valence-corrected chi connectivity index (χ2v) is 3.24. The first-order chi connectivity index (χ1) is 6.15. The number of ketones is 1. The summed E-state index contributed by atoms with van der Waals surface area (Å²) in [5, 5.41) is 0.692. The minimum absolute atomic E-state index is 0.0160. The summed E-state index contributed by atoms with van der Waals surface area (Å²) in [5.74, 6) is 0.0160. The first kappa shape index (κ1) is 10.0. The maximum atomic E-state index is 11.4. The average molecular weight is 195 g/mol. The lowest BCUT2D eigenvalue weighted by atomic mass is 10.1. The first-order valence-electron chi connectivity index (χ1n) is 4.08. The molecule has 13 heavy (non-hydrogen) atoms. The van der Waals surface area contributed by atoms with E-state index in [-0.39, 0.29) is 5.78 Å². The molecule has 0 N–H and O–H groups in total. The third-order valence-electron chi connectivity index (χ3n) is 1.76. The Labute approximate surface area is 83.0 Å². The smallest absolute Gasteiger partial charge is 0.185 e.